The van der Waals surface area contributed by atoms with Gasteiger partial charge in [0.15, 0.2) is 0 Å². The molecule has 0 atom stereocenters. The van der Waals surface area contributed by atoms with Gasteiger partial charge in [0.25, 0.3) is 0 Å². The summed E-state index contributed by atoms with van der Waals surface area (Å²) in [6.07, 6.45) is 4.03. The normalized spacial score (nSPS) is 11.5. The van der Waals surface area contributed by atoms with Crippen molar-refractivity contribution in [2.45, 2.75) is 33.9 Å². The quantitative estimate of drug-likeness (QED) is 0.549. The first-order chi connectivity index (χ1) is 12.8. The fourth-order valence-corrected chi connectivity index (χ4v) is 2.63. The molecular weight excluding hydrogens is 354 g/mol. The molecule has 0 fully saturated rings. The van der Waals surface area contributed by atoms with Crippen LogP contribution in [-0.2, 0) is 13.2 Å². The molecule has 3 heteroatoms. The zero-order valence-corrected chi connectivity index (χ0v) is 17.4. The molecule has 0 heterocycles. The van der Waals surface area contributed by atoms with Crippen molar-refractivity contribution in [3.63, 3.8) is 0 Å². The zero-order chi connectivity index (χ0) is 19.7. The Hall–Kier alpha value is -2.21. The highest BCUT2D eigenvalue weighted by molar-refractivity contribution is 6.31. The van der Waals surface area contributed by atoms with Crippen LogP contribution in [0.3, 0.4) is 0 Å². The summed E-state index contributed by atoms with van der Waals surface area (Å²) in [6.45, 7) is 8.50. The van der Waals surface area contributed by atoms with Crippen LogP contribution < -0.4 is 4.74 Å². The molecule has 0 saturated carbocycles. The topological polar surface area (TPSA) is 12.5 Å². The maximum atomic E-state index is 6.18. The maximum Gasteiger partial charge on any atom is 0.120 e. The summed E-state index contributed by atoms with van der Waals surface area (Å²) in [4.78, 5) is 2.24. The highest BCUT2D eigenvalue weighted by Gasteiger charge is 2.04. The minimum Gasteiger partial charge on any atom is -0.489 e. The molecule has 2 rings (SSSR count). The lowest BCUT2D eigenvalue weighted by Crippen LogP contribution is -2.17. The van der Waals surface area contributed by atoms with E-state index in [9.17, 15) is 0 Å². The lowest BCUT2D eigenvalue weighted by Gasteiger charge is -2.15. The molecule has 0 aliphatic rings. The number of benzene rings is 2. The van der Waals surface area contributed by atoms with Crippen molar-refractivity contribution in [1.29, 1.82) is 0 Å². The molecular formula is C24H28ClNO. The van der Waals surface area contributed by atoms with Crippen LogP contribution in [0.2, 0.25) is 5.02 Å². The van der Waals surface area contributed by atoms with Gasteiger partial charge in [-0.3, -0.25) is 4.90 Å². The Morgan fingerprint density at radius 1 is 1.11 bits per heavy atom. The Labute approximate surface area is 168 Å². The third kappa shape index (κ3) is 8.35. The van der Waals surface area contributed by atoms with Crippen molar-refractivity contribution in [3.8, 4) is 17.6 Å². The monoisotopic (exact) mass is 381 g/mol. The Morgan fingerprint density at radius 3 is 2.63 bits per heavy atom. The summed E-state index contributed by atoms with van der Waals surface area (Å²) >= 11 is 6.18. The van der Waals surface area contributed by atoms with Gasteiger partial charge >= 0.3 is 0 Å². The standard InChI is InChI=1S/C24H28ClNO/c1-24(2,3)15-8-5-9-16-26(4)18-20-11-10-13-22(17-20)27-19-21-12-6-7-14-23(21)25/h5-7,9-14,17H,16,18-19H2,1-4H3/b9-5+. The summed E-state index contributed by atoms with van der Waals surface area (Å²) in [5.41, 5.74) is 2.24. The third-order valence-corrected chi connectivity index (χ3v) is 4.14. The van der Waals surface area contributed by atoms with Crippen LogP contribution in [0, 0.1) is 17.3 Å². The Balaban J connectivity index is 1.86. The van der Waals surface area contributed by atoms with Gasteiger partial charge in [0.1, 0.15) is 12.4 Å². The first kappa shape index (κ1) is 21.1. The van der Waals surface area contributed by atoms with Gasteiger partial charge in [-0.15, -0.1) is 0 Å². The summed E-state index contributed by atoms with van der Waals surface area (Å²) < 4.78 is 5.90. The van der Waals surface area contributed by atoms with E-state index in [0.29, 0.717) is 6.61 Å². The summed E-state index contributed by atoms with van der Waals surface area (Å²) in [6, 6.07) is 15.9. The molecule has 2 aromatic carbocycles. The molecule has 142 valence electrons. The number of halogens is 1. The molecule has 0 spiro atoms. The third-order valence-electron chi connectivity index (χ3n) is 3.77. The minimum absolute atomic E-state index is 0.0423. The van der Waals surface area contributed by atoms with Crippen molar-refractivity contribution in [2.24, 2.45) is 5.41 Å². The Morgan fingerprint density at radius 2 is 1.89 bits per heavy atom. The predicted molar refractivity (Wildman–Crippen MR) is 115 cm³/mol. The van der Waals surface area contributed by atoms with Crippen LogP contribution in [0.25, 0.3) is 0 Å². The van der Waals surface area contributed by atoms with E-state index in [1.54, 1.807) is 0 Å². The summed E-state index contributed by atoms with van der Waals surface area (Å²) in [7, 11) is 2.10. The van der Waals surface area contributed by atoms with Gasteiger partial charge in [-0.05, 0) is 57.7 Å². The largest absolute Gasteiger partial charge is 0.489 e. The number of nitrogens with zero attached hydrogens (tertiary/aromatic N) is 1. The molecule has 0 radical (unpaired) electrons. The number of rotatable bonds is 7. The van der Waals surface area contributed by atoms with Crippen LogP contribution in [0.5, 0.6) is 5.75 Å². The number of allylic oxidation sites excluding steroid dienone is 1. The second-order valence-corrected chi connectivity index (χ2v) is 8.05. The van der Waals surface area contributed by atoms with Crippen molar-refractivity contribution in [1.82, 2.24) is 4.90 Å². The van der Waals surface area contributed by atoms with E-state index in [4.69, 9.17) is 16.3 Å². The zero-order valence-electron chi connectivity index (χ0n) is 16.6. The molecule has 0 saturated heterocycles. The van der Waals surface area contributed by atoms with Crippen molar-refractivity contribution < 1.29 is 4.74 Å². The molecule has 0 amide bonds. The molecule has 27 heavy (non-hydrogen) atoms. The van der Waals surface area contributed by atoms with Crippen LogP contribution in [-0.4, -0.2) is 18.5 Å². The highest BCUT2D eigenvalue weighted by atomic mass is 35.5. The van der Waals surface area contributed by atoms with Crippen molar-refractivity contribution in [3.05, 3.63) is 76.8 Å². The van der Waals surface area contributed by atoms with Crippen molar-refractivity contribution in [2.75, 3.05) is 13.6 Å². The van der Waals surface area contributed by atoms with Crippen LogP contribution in [0.1, 0.15) is 31.9 Å². The second-order valence-electron chi connectivity index (χ2n) is 7.65. The van der Waals surface area contributed by atoms with Crippen LogP contribution >= 0.6 is 11.6 Å². The van der Waals surface area contributed by atoms with Gasteiger partial charge < -0.3 is 4.74 Å². The smallest absolute Gasteiger partial charge is 0.120 e. The van der Waals surface area contributed by atoms with E-state index in [1.807, 2.05) is 42.5 Å². The SMILES string of the molecule is CN(C/C=C/C#CC(C)(C)C)Cc1cccc(OCc2ccccc2Cl)c1. The Kier molecular flexibility index (Phi) is 7.98. The number of ether oxygens (including phenoxy) is 1. The predicted octanol–water partition coefficient (Wildman–Crippen LogP) is 5.96. The van der Waals surface area contributed by atoms with Crippen LogP contribution in [0.15, 0.2) is 60.7 Å². The van der Waals surface area contributed by atoms with Gasteiger partial charge in [0, 0.05) is 29.1 Å². The lowest BCUT2D eigenvalue weighted by molar-refractivity contribution is 0.304. The number of hydrogen-bond donors (Lipinski definition) is 0. The molecule has 0 bridgehead atoms. The molecule has 0 aromatic heterocycles. The molecule has 0 aliphatic carbocycles. The summed E-state index contributed by atoms with van der Waals surface area (Å²) in [5.74, 6) is 7.16. The molecule has 0 unspecified atom stereocenters. The molecule has 2 aromatic rings. The van der Waals surface area contributed by atoms with E-state index < -0.39 is 0 Å². The molecule has 0 aliphatic heterocycles. The van der Waals surface area contributed by atoms with Gasteiger partial charge in [0.2, 0.25) is 0 Å². The van der Waals surface area contributed by atoms with E-state index in [2.05, 4.69) is 62.8 Å². The molecule has 0 N–H and O–H groups in total. The lowest BCUT2D eigenvalue weighted by atomic mass is 9.98. The van der Waals surface area contributed by atoms with Crippen LogP contribution in [0.4, 0.5) is 0 Å². The van der Waals surface area contributed by atoms with E-state index in [1.165, 1.54) is 5.56 Å². The average Bonchev–Trinajstić information content (AvgIpc) is 2.60. The van der Waals surface area contributed by atoms with Gasteiger partial charge in [-0.25, -0.2) is 0 Å². The van der Waals surface area contributed by atoms with Crippen molar-refractivity contribution >= 4 is 11.6 Å². The van der Waals surface area contributed by atoms with E-state index in [0.717, 1.165) is 29.4 Å². The number of likely N-dealkylation sites (N-methyl/N-ethyl adjacent to an activating group) is 1. The van der Waals surface area contributed by atoms with E-state index >= 15 is 0 Å². The first-order valence-electron chi connectivity index (χ1n) is 9.15. The minimum atomic E-state index is 0.0423. The van der Waals surface area contributed by atoms with Gasteiger partial charge in [0.05, 0.1) is 0 Å². The Bertz CT molecular complexity index is 824. The molecule has 2 nitrogen and oxygen atoms in total. The first-order valence-corrected chi connectivity index (χ1v) is 9.53. The summed E-state index contributed by atoms with van der Waals surface area (Å²) in [5, 5.41) is 0.731. The second kappa shape index (κ2) is 10.2. The number of hydrogen-bond acceptors (Lipinski definition) is 2. The van der Waals surface area contributed by atoms with E-state index in [-0.39, 0.29) is 5.41 Å². The van der Waals surface area contributed by atoms with Gasteiger partial charge in [-0.2, -0.15) is 0 Å². The maximum absolute atomic E-state index is 6.18. The van der Waals surface area contributed by atoms with Gasteiger partial charge in [-0.1, -0.05) is 59.8 Å². The fourth-order valence-electron chi connectivity index (χ4n) is 2.44. The average molecular weight is 382 g/mol. The highest BCUT2D eigenvalue weighted by Crippen LogP contribution is 2.20. The fraction of sp³-hybridized carbons (Fsp3) is 0.333.